The van der Waals surface area contributed by atoms with Gasteiger partial charge in [0.15, 0.2) is 0 Å². The summed E-state index contributed by atoms with van der Waals surface area (Å²) in [4.78, 5) is 0. The molecule has 0 heterocycles. The van der Waals surface area contributed by atoms with E-state index in [1.165, 1.54) is 66.8 Å². The lowest BCUT2D eigenvalue weighted by atomic mass is 9.87. The second kappa shape index (κ2) is 7.95. The average molecular weight is 371 g/mol. The summed E-state index contributed by atoms with van der Waals surface area (Å²) in [7, 11) is 0. The SMILES string of the molecule is Cc1cc(Cc2ccc(C)c(C)c2C)c(C)c(Cc2ccc(C)c(C)c2C)c1. The van der Waals surface area contributed by atoms with E-state index in [1.54, 1.807) is 0 Å². The Balaban J connectivity index is 1.99. The van der Waals surface area contributed by atoms with Gasteiger partial charge in [0.05, 0.1) is 0 Å². The molecule has 0 bridgehead atoms. The van der Waals surface area contributed by atoms with Crippen LogP contribution in [0.25, 0.3) is 0 Å². The Kier molecular flexibility index (Phi) is 5.79. The Morgan fingerprint density at radius 3 is 1.21 bits per heavy atom. The fourth-order valence-corrected chi connectivity index (χ4v) is 4.20. The molecule has 28 heavy (non-hydrogen) atoms. The van der Waals surface area contributed by atoms with Gasteiger partial charge < -0.3 is 0 Å². The summed E-state index contributed by atoms with van der Waals surface area (Å²) in [5, 5.41) is 0. The normalized spacial score (nSPS) is 11.1. The lowest BCUT2D eigenvalue weighted by Crippen LogP contribution is -2.03. The van der Waals surface area contributed by atoms with Gasteiger partial charge in [-0.15, -0.1) is 0 Å². The lowest BCUT2D eigenvalue weighted by Gasteiger charge is -2.18. The third-order valence-corrected chi connectivity index (χ3v) is 6.87. The quantitative estimate of drug-likeness (QED) is 0.451. The Labute approximate surface area is 171 Å². The van der Waals surface area contributed by atoms with Crippen LogP contribution in [-0.2, 0) is 12.8 Å². The van der Waals surface area contributed by atoms with Crippen LogP contribution in [0.4, 0.5) is 0 Å². The molecule has 0 fully saturated rings. The number of benzene rings is 3. The molecule has 0 atom stereocenters. The van der Waals surface area contributed by atoms with Crippen molar-refractivity contribution in [1.82, 2.24) is 0 Å². The summed E-state index contributed by atoms with van der Waals surface area (Å²) < 4.78 is 0. The van der Waals surface area contributed by atoms with Crippen LogP contribution in [0.2, 0.25) is 0 Å². The highest BCUT2D eigenvalue weighted by Crippen LogP contribution is 2.27. The lowest BCUT2D eigenvalue weighted by molar-refractivity contribution is 1.05. The van der Waals surface area contributed by atoms with Crippen molar-refractivity contribution in [3.8, 4) is 0 Å². The molecule has 0 saturated heterocycles. The van der Waals surface area contributed by atoms with Crippen molar-refractivity contribution in [2.75, 3.05) is 0 Å². The minimum absolute atomic E-state index is 1.01. The zero-order chi connectivity index (χ0) is 20.6. The molecule has 3 aromatic carbocycles. The molecular weight excluding hydrogens is 336 g/mol. The first-order valence-corrected chi connectivity index (χ1v) is 10.4. The van der Waals surface area contributed by atoms with Crippen LogP contribution >= 0.6 is 0 Å². The zero-order valence-corrected chi connectivity index (χ0v) is 18.9. The van der Waals surface area contributed by atoms with Gasteiger partial charge in [0.2, 0.25) is 0 Å². The second-order valence-electron chi connectivity index (χ2n) is 8.64. The highest BCUT2D eigenvalue weighted by Gasteiger charge is 2.12. The highest BCUT2D eigenvalue weighted by atomic mass is 14.2. The first-order valence-electron chi connectivity index (χ1n) is 10.4. The number of hydrogen-bond acceptors (Lipinski definition) is 0. The maximum absolute atomic E-state index is 2.38. The van der Waals surface area contributed by atoms with Crippen LogP contribution in [-0.4, -0.2) is 0 Å². The van der Waals surface area contributed by atoms with Gasteiger partial charge in [-0.3, -0.25) is 0 Å². The number of aryl methyl sites for hydroxylation is 3. The molecule has 0 aromatic heterocycles. The van der Waals surface area contributed by atoms with Crippen LogP contribution in [0.3, 0.4) is 0 Å². The Morgan fingerprint density at radius 2 is 0.821 bits per heavy atom. The van der Waals surface area contributed by atoms with E-state index in [4.69, 9.17) is 0 Å². The molecule has 0 unspecified atom stereocenters. The molecule has 146 valence electrons. The monoisotopic (exact) mass is 370 g/mol. The number of hydrogen-bond donors (Lipinski definition) is 0. The van der Waals surface area contributed by atoms with Crippen molar-refractivity contribution in [1.29, 1.82) is 0 Å². The van der Waals surface area contributed by atoms with E-state index >= 15 is 0 Å². The van der Waals surface area contributed by atoms with Crippen molar-refractivity contribution in [2.24, 2.45) is 0 Å². The minimum Gasteiger partial charge on any atom is -0.0588 e. The maximum Gasteiger partial charge on any atom is -0.00202 e. The summed E-state index contributed by atoms with van der Waals surface area (Å²) >= 11 is 0. The van der Waals surface area contributed by atoms with E-state index < -0.39 is 0 Å². The van der Waals surface area contributed by atoms with Gasteiger partial charge in [0.1, 0.15) is 0 Å². The fraction of sp³-hybridized carbons (Fsp3) is 0.357. The molecule has 3 aromatic rings. The van der Waals surface area contributed by atoms with Crippen LogP contribution < -0.4 is 0 Å². The summed E-state index contributed by atoms with van der Waals surface area (Å²) in [5.74, 6) is 0. The minimum atomic E-state index is 1.01. The van der Waals surface area contributed by atoms with Gasteiger partial charge in [0.25, 0.3) is 0 Å². The molecule has 0 aliphatic carbocycles. The largest absolute Gasteiger partial charge is 0.0588 e. The van der Waals surface area contributed by atoms with Gasteiger partial charge in [0, 0.05) is 0 Å². The van der Waals surface area contributed by atoms with Crippen molar-refractivity contribution >= 4 is 0 Å². The third-order valence-electron chi connectivity index (χ3n) is 6.87. The van der Waals surface area contributed by atoms with Crippen LogP contribution in [0.15, 0.2) is 36.4 Å². The van der Waals surface area contributed by atoms with E-state index in [2.05, 4.69) is 91.8 Å². The topological polar surface area (TPSA) is 0 Å². The van der Waals surface area contributed by atoms with Crippen LogP contribution in [0.5, 0.6) is 0 Å². The molecule has 0 spiro atoms. The molecular formula is C28H34. The van der Waals surface area contributed by atoms with E-state index in [9.17, 15) is 0 Å². The molecule has 0 heteroatoms. The molecule has 0 nitrogen and oxygen atoms in total. The summed E-state index contributed by atoms with van der Waals surface area (Å²) in [5.41, 5.74) is 17.1. The van der Waals surface area contributed by atoms with Crippen molar-refractivity contribution in [2.45, 2.75) is 68.2 Å². The molecule has 0 N–H and O–H groups in total. The van der Waals surface area contributed by atoms with E-state index in [0.717, 1.165) is 12.8 Å². The zero-order valence-electron chi connectivity index (χ0n) is 18.9. The van der Waals surface area contributed by atoms with Crippen LogP contribution in [0, 0.1) is 55.4 Å². The van der Waals surface area contributed by atoms with Crippen molar-refractivity contribution < 1.29 is 0 Å². The summed E-state index contributed by atoms with van der Waals surface area (Å²) in [6.07, 6.45) is 2.03. The summed E-state index contributed by atoms with van der Waals surface area (Å²) in [6.45, 7) is 18.0. The smallest absolute Gasteiger partial charge is 0.00202 e. The average Bonchev–Trinajstić information content (AvgIpc) is 2.66. The summed E-state index contributed by atoms with van der Waals surface area (Å²) in [6, 6.07) is 13.9. The first kappa shape index (κ1) is 20.4. The molecule has 0 saturated carbocycles. The van der Waals surface area contributed by atoms with E-state index in [1.807, 2.05) is 0 Å². The maximum atomic E-state index is 2.38. The van der Waals surface area contributed by atoms with Gasteiger partial charge in [-0.2, -0.15) is 0 Å². The Bertz CT molecular complexity index is 954. The molecule has 0 amide bonds. The Hall–Kier alpha value is -2.34. The number of rotatable bonds is 4. The van der Waals surface area contributed by atoms with Crippen molar-refractivity contribution in [3.63, 3.8) is 0 Å². The Morgan fingerprint density at radius 1 is 0.429 bits per heavy atom. The highest BCUT2D eigenvalue weighted by molar-refractivity contribution is 5.48. The van der Waals surface area contributed by atoms with Gasteiger partial charge in [-0.1, -0.05) is 42.0 Å². The predicted molar refractivity (Wildman–Crippen MR) is 123 cm³/mol. The van der Waals surface area contributed by atoms with Gasteiger partial charge >= 0.3 is 0 Å². The molecule has 0 aliphatic heterocycles. The predicted octanol–water partition coefficient (Wildman–Crippen LogP) is 7.34. The molecule has 0 aliphatic rings. The van der Waals surface area contributed by atoms with Gasteiger partial charge in [-0.05, 0) is 129 Å². The third kappa shape index (κ3) is 3.92. The molecule has 3 rings (SSSR count). The molecule has 0 radical (unpaired) electrons. The van der Waals surface area contributed by atoms with E-state index in [0.29, 0.717) is 0 Å². The van der Waals surface area contributed by atoms with Crippen molar-refractivity contribution in [3.05, 3.63) is 103 Å². The van der Waals surface area contributed by atoms with Gasteiger partial charge in [-0.25, -0.2) is 0 Å². The van der Waals surface area contributed by atoms with E-state index in [-0.39, 0.29) is 0 Å². The second-order valence-corrected chi connectivity index (χ2v) is 8.64. The van der Waals surface area contributed by atoms with Crippen LogP contribution in [0.1, 0.15) is 66.8 Å². The standard InChI is InChI=1S/C28H34/c1-17-13-27(15-25-11-9-18(2)20(4)22(25)6)24(8)28(14-17)16-26-12-10-19(3)21(5)23(26)7/h9-14H,15-16H2,1-8H3. The fourth-order valence-electron chi connectivity index (χ4n) is 4.20. The first-order chi connectivity index (χ1) is 13.2.